The van der Waals surface area contributed by atoms with E-state index in [1.165, 1.54) is 0 Å². The molecule has 0 bridgehead atoms. The molecular weight excluding hydrogens is 248 g/mol. The molecular formula is C13H18N2O4. The summed E-state index contributed by atoms with van der Waals surface area (Å²) in [6.07, 6.45) is 5.25. The van der Waals surface area contributed by atoms with Crippen LogP contribution in [0.15, 0.2) is 0 Å². The number of hydrogen-bond donors (Lipinski definition) is 1. The second-order valence-corrected chi connectivity index (χ2v) is 4.83. The van der Waals surface area contributed by atoms with E-state index in [1.807, 2.05) is 13.8 Å². The van der Waals surface area contributed by atoms with E-state index >= 15 is 0 Å². The van der Waals surface area contributed by atoms with E-state index in [0.717, 1.165) is 4.90 Å². The SMILES string of the molecule is C#CCN(CC(=O)O)C(=O)C1CC(=O)N(C(C)C)C1. The summed E-state index contributed by atoms with van der Waals surface area (Å²) in [5.41, 5.74) is 0. The number of likely N-dealkylation sites (tertiary alicyclic amines) is 1. The molecule has 1 N–H and O–H groups in total. The van der Waals surface area contributed by atoms with Gasteiger partial charge in [-0.25, -0.2) is 0 Å². The van der Waals surface area contributed by atoms with Gasteiger partial charge in [0.05, 0.1) is 12.5 Å². The van der Waals surface area contributed by atoms with Crippen LogP contribution in [0.4, 0.5) is 0 Å². The van der Waals surface area contributed by atoms with Gasteiger partial charge in [0.25, 0.3) is 0 Å². The van der Waals surface area contributed by atoms with Gasteiger partial charge in [-0.3, -0.25) is 14.4 Å². The van der Waals surface area contributed by atoms with Gasteiger partial charge in [-0.1, -0.05) is 5.92 Å². The monoisotopic (exact) mass is 266 g/mol. The third-order valence-electron chi connectivity index (χ3n) is 3.05. The van der Waals surface area contributed by atoms with Crippen LogP contribution in [0.3, 0.4) is 0 Å². The molecule has 0 aromatic heterocycles. The van der Waals surface area contributed by atoms with Crippen molar-refractivity contribution in [3.63, 3.8) is 0 Å². The van der Waals surface area contributed by atoms with Crippen LogP contribution in [0.1, 0.15) is 20.3 Å². The Bertz CT molecular complexity index is 425. The predicted molar refractivity (Wildman–Crippen MR) is 68.0 cm³/mol. The van der Waals surface area contributed by atoms with Crippen LogP contribution < -0.4 is 0 Å². The topological polar surface area (TPSA) is 77.9 Å². The van der Waals surface area contributed by atoms with E-state index in [2.05, 4.69) is 5.92 Å². The first-order chi connectivity index (χ1) is 8.86. The molecule has 1 fully saturated rings. The summed E-state index contributed by atoms with van der Waals surface area (Å²) >= 11 is 0. The van der Waals surface area contributed by atoms with E-state index in [4.69, 9.17) is 11.5 Å². The van der Waals surface area contributed by atoms with Crippen LogP contribution in [-0.2, 0) is 14.4 Å². The van der Waals surface area contributed by atoms with E-state index in [0.29, 0.717) is 6.54 Å². The fourth-order valence-electron chi connectivity index (χ4n) is 2.14. The minimum absolute atomic E-state index is 0.0332. The molecule has 0 aliphatic carbocycles. The smallest absolute Gasteiger partial charge is 0.323 e. The Morgan fingerprint density at radius 1 is 1.58 bits per heavy atom. The molecule has 1 heterocycles. The van der Waals surface area contributed by atoms with Crippen molar-refractivity contribution in [2.45, 2.75) is 26.3 Å². The fraction of sp³-hybridized carbons (Fsp3) is 0.615. The summed E-state index contributed by atoms with van der Waals surface area (Å²) in [6, 6.07) is 0.0332. The summed E-state index contributed by atoms with van der Waals surface area (Å²) in [5, 5.41) is 8.75. The van der Waals surface area contributed by atoms with Gasteiger partial charge >= 0.3 is 5.97 Å². The quantitative estimate of drug-likeness (QED) is 0.698. The minimum atomic E-state index is -1.12. The molecule has 1 unspecified atom stereocenters. The van der Waals surface area contributed by atoms with Gasteiger partial charge in [0, 0.05) is 19.0 Å². The number of carboxylic acid groups (broad SMARTS) is 1. The number of hydrogen-bond acceptors (Lipinski definition) is 3. The van der Waals surface area contributed by atoms with E-state index < -0.39 is 18.4 Å². The molecule has 0 aromatic rings. The zero-order valence-corrected chi connectivity index (χ0v) is 11.1. The number of rotatable bonds is 5. The fourth-order valence-corrected chi connectivity index (χ4v) is 2.14. The van der Waals surface area contributed by atoms with Crippen molar-refractivity contribution in [3.05, 3.63) is 0 Å². The highest BCUT2D eigenvalue weighted by Crippen LogP contribution is 2.22. The first-order valence-corrected chi connectivity index (χ1v) is 6.10. The Morgan fingerprint density at radius 2 is 2.21 bits per heavy atom. The normalized spacial score (nSPS) is 18.5. The largest absolute Gasteiger partial charge is 0.480 e. The Labute approximate surface area is 112 Å². The van der Waals surface area contributed by atoms with E-state index in [-0.39, 0.29) is 30.8 Å². The van der Waals surface area contributed by atoms with Crippen molar-refractivity contribution in [3.8, 4) is 12.3 Å². The van der Waals surface area contributed by atoms with E-state index in [9.17, 15) is 14.4 Å². The average molecular weight is 266 g/mol. The van der Waals surface area contributed by atoms with Crippen molar-refractivity contribution in [1.82, 2.24) is 9.80 Å². The van der Waals surface area contributed by atoms with Gasteiger partial charge in [-0.05, 0) is 13.8 Å². The van der Waals surface area contributed by atoms with Gasteiger partial charge < -0.3 is 14.9 Å². The molecule has 0 saturated carbocycles. The van der Waals surface area contributed by atoms with Crippen molar-refractivity contribution < 1.29 is 19.5 Å². The maximum absolute atomic E-state index is 12.2. The molecule has 0 spiro atoms. The number of carbonyl (C=O) groups is 3. The standard InChI is InChI=1S/C13H18N2O4/c1-4-5-14(8-12(17)18)13(19)10-6-11(16)15(7-10)9(2)3/h1,9-10H,5-8H2,2-3H3,(H,17,18). The third kappa shape index (κ3) is 3.71. The molecule has 19 heavy (non-hydrogen) atoms. The number of aliphatic carboxylic acids is 1. The Morgan fingerprint density at radius 3 is 2.63 bits per heavy atom. The molecule has 1 aliphatic heterocycles. The minimum Gasteiger partial charge on any atom is -0.480 e. The van der Waals surface area contributed by atoms with Gasteiger partial charge in [0.15, 0.2) is 0 Å². The lowest BCUT2D eigenvalue weighted by Gasteiger charge is -2.23. The molecule has 0 aromatic carbocycles. The average Bonchev–Trinajstić information content (AvgIpc) is 2.69. The van der Waals surface area contributed by atoms with Gasteiger partial charge in [-0.2, -0.15) is 0 Å². The lowest BCUT2D eigenvalue weighted by atomic mass is 10.1. The number of amides is 2. The molecule has 1 atom stereocenters. The third-order valence-corrected chi connectivity index (χ3v) is 3.05. The summed E-state index contributed by atoms with van der Waals surface area (Å²) < 4.78 is 0. The summed E-state index contributed by atoms with van der Waals surface area (Å²) in [4.78, 5) is 37.3. The van der Waals surface area contributed by atoms with Gasteiger partial charge in [0.2, 0.25) is 11.8 Å². The number of terminal acetylenes is 1. The molecule has 1 aliphatic rings. The van der Waals surface area contributed by atoms with Crippen LogP contribution in [0.2, 0.25) is 0 Å². The van der Waals surface area contributed by atoms with E-state index in [1.54, 1.807) is 4.90 Å². The number of carbonyl (C=O) groups excluding carboxylic acids is 2. The van der Waals surface area contributed by atoms with Crippen molar-refractivity contribution >= 4 is 17.8 Å². The van der Waals surface area contributed by atoms with Crippen LogP contribution in [-0.4, -0.2) is 58.4 Å². The molecule has 104 valence electrons. The second-order valence-electron chi connectivity index (χ2n) is 4.83. The highest BCUT2D eigenvalue weighted by atomic mass is 16.4. The van der Waals surface area contributed by atoms with Gasteiger partial charge in [-0.15, -0.1) is 6.42 Å². The highest BCUT2D eigenvalue weighted by Gasteiger charge is 2.37. The molecule has 1 saturated heterocycles. The first-order valence-electron chi connectivity index (χ1n) is 6.10. The zero-order valence-electron chi connectivity index (χ0n) is 11.1. The molecule has 6 heteroatoms. The Kier molecular flexibility index (Phi) is 4.93. The lowest BCUT2D eigenvalue weighted by Crippen LogP contribution is -2.41. The molecule has 6 nitrogen and oxygen atoms in total. The first kappa shape index (κ1) is 15.0. The number of nitrogens with zero attached hydrogens (tertiary/aromatic N) is 2. The second kappa shape index (κ2) is 6.23. The van der Waals surface area contributed by atoms with Crippen molar-refractivity contribution in [1.29, 1.82) is 0 Å². The number of carboxylic acids is 1. The maximum Gasteiger partial charge on any atom is 0.323 e. The molecule has 1 rings (SSSR count). The maximum atomic E-state index is 12.2. The zero-order chi connectivity index (χ0) is 14.6. The summed E-state index contributed by atoms with van der Waals surface area (Å²) in [7, 11) is 0. The lowest BCUT2D eigenvalue weighted by molar-refractivity contribution is -0.145. The highest BCUT2D eigenvalue weighted by molar-refractivity contribution is 5.90. The van der Waals surface area contributed by atoms with Crippen LogP contribution in [0, 0.1) is 18.3 Å². The Balaban J connectivity index is 2.74. The van der Waals surface area contributed by atoms with Crippen LogP contribution in [0.25, 0.3) is 0 Å². The molecule has 2 amide bonds. The van der Waals surface area contributed by atoms with Crippen molar-refractivity contribution in [2.75, 3.05) is 19.6 Å². The van der Waals surface area contributed by atoms with Gasteiger partial charge in [0.1, 0.15) is 6.54 Å². The summed E-state index contributed by atoms with van der Waals surface area (Å²) in [6.45, 7) is 3.59. The Hall–Kier alpha value is -2.03. The predicted octanol–water partition coefficient (Wildman–Crippen LogP) is -0.210. The van der Waals surface area contributed by atoms with Crippen LogP contribution >= 0.6 is 0 Å². The summed E-state index contributed by atoms with van der Waals surface area (Å²) in [5.74, 6) is 0.208. The molecule has 0 radical (unpaired) electrons. The van der Waals surface area contributed by atoms with Crippen LogP contribution in [0.5, 0.6) is 0 Å². The van der Waals surface area contributed by atoms with Crippen molar-refractivity contribution in [2.24, 2.45) is 5.92 Å².